The van der Waals surface area contributed by atoms with E-state index < -0.39 is 5.97 Å². The molecule has 2 amide bonds. The molecule has 1 aromatic heterocycles. The molecule has 1 aromatic carbocycles. The Labute approximate surface area is 167 Å². The Bertz CT molecular complexity index is 876. The second-order valence-corrected chi connectivity index (χ2v) is 7.43. The third kappa shape index (κ3) is 4.76. The molecule has 1 fully saturated rings. The summed E-state index contributed by atoms with van der Waals surface area (Å²) in [4.78, 5) is 38.3. The molecule has 2 N–H and O–H groups in total. The number of nitrogens with zero attached hydrogens (tertiary/aromatic N) is 1. The molecule has 0 saturated carbocycles. The van der Waals surface area contributed by atoms with Gasteiger partial charge in [-0.2, -0.15) is 0 Å². The molecule has 0 aliphatic carbocycles. The van der Waals surface area contributed by atoms with Crippen LogP contribution in [0.3, 0.4) is 0 Å². The number of hydrogen-bond acceptors (Lipinski definition) is 6. The maximum atomic E-state index is 12.6. The highest BCUT2D eigenvalue weighted by Crippen LogP contribution is 2.36. The maximum absolute atomic E-state index is 12.6. The zero-order valence-electron chi connectivity index (χ0n) is 15.9. The second kappa shape index (κ2) is 8.99. The first-order valence-corrected chi connectivity index (χ1v) is 10.0. The number of aryl methyl sites for hydroxylation is 1. The number of anilines is 1. The van der Waals surface area contributed by atoms with Crippen molar-refractivity contribution in [3.8, 4) is 11.1 Å². The van der Waals surface area contributed by atoms with Gasteiger partial charge in [0, 0.05) is 24.0 Å². The van der Waals surface area contributed by atoms with E-state index in [2.05, 4.69) is 10.6 Å². The number of thiophene rings is 1. The standard InChI is InChI=1S/C20H23N3O4S/c1-3-27-20(26)18-15(14-6-4-13(2)5-7-14)12-28-19(18)22-17(25)11-23-9-8-21-16(24)10-23/h4-7,12H,3,8-11H2,1-2H3,(H,21,24)(H,22,25). The smallest absolute Gasteiger partial charge is 0.341 e. The summed E-state index contributed by atoms with van der Waals surface area (Å²) < 4.78 is 5.21. The van der Waals surface area contributed by atoms with Crippen molar-refractivity contribution in [3.63, 3.8) is 0 Å². The first-order valence-electron chi connectivity index (χ1n) is 9.12. The summed E-state index contributed by atoms with van der Waals surface area (Å²) in [6.45, 7) is 5.41. The molecule has 1 saturated heterocycles. The Balaban J connectivity index is 1.81. The monoisotopic (exact) mass is 401 g/mol. The van der Waals surface area contributed by atoms with Gasteiger partial charge in [0.15, 0.2) is 0 Å². The Morgan fingerprint density at radius 2 is 2.04 bits per heavy atom. The van der Waals surface area contributed by atoms with E-state index in [-0.39, 0.29) is 31.5 Å². The van der Waals surface area contributed by atoms with Gasteiger partial charge in [0.25, 0.3) is 0 Å². The molecule has 0 radical (unpaired) electrons. The van der Waals surface area contributed by atoms with E-state index in [1.807, 2.05) is 36.6 Å². The van der Waals surface area contributed by atoms with Crippen LogP contribution in [0.15, 0.2) is 29.6 Å². The normalized spacial score (nSPS) is 14.4. The first kappa shape index (κ1) is 20.0. The largest absolute Gasteiger partial charge is 0.462 e. The Morgan fingerprint density at radius 3 is 2.71 bits per heavy atom. The van der Waals surface area contributed by atoms with Crippen molar-refractivity contribution in [1.82, 2.24) is 10.2 Å². The van der Waals surface area contributed by atoms with Crippen molar-refractivity contribution in [1.29, 1.82) is 0 Å². The Hall–Kier alpha value is -2.71. The predicted octanol–water partition coefficient (Wildman–Crippen LogP) is 2.27. The van der Waals surface area contributed by atoms with Gasteiger partial charge in [0.1, 0.15) is 10.6 Å². The molecular formula is C20H23N3O4S. The molecule has 148 valence electrons. The minimum absolute atomic E-state index is 0.0907. The number of piperazine rings is 1. The number of esters is 1. The lowest BCUT2D eigenvalue weighted by Crippen LogP contribution is -2.49. The lowest BCUT2D eigenvalue weighted by molar-refractivity contribution is -0.125. The highest BCUT2D eigenvalue weighted by molar-refractivity contribution is 7.15. The molecule has 2 heterocycles. The number of carbonyl (C=O) groups is 3. The topological polar surface area (TPSA) is 87.7 Å². The lowest BCUT2D eigenvalue weighted by atomic mass is 10.0. The van der Waals surface area contributed by atoms with Gasteiger partial charge in [-0.1, -0.05) is 29.8 Å². The molecule has 2 aromatic rings. The van der Waals surface area contributed by atoms with E-state index in [0.717, 1.165) is 16.7 Å². The highest BCUT2D eigenvalue weighted by Gasteiger charge is 2.24. The summed E-state index contributed by atoms with van der Waals surface area (Å²) >= 11 is 1.29. The molecule has 0 unspecified atom stereocenters. The summed E-state index contributed by atoms with van der Waals surface area (Å²) in [5.74, 6) is -0.825. The predicted molar refractivity (Wildman–Crippen MR) is 109 cm³/mol. The minimum Gasteiger partial charge on any atom is -0.462 e. The first-order chi connectivity index (χ1) is 13.5. The summed E-state index contributed by atoms with van der Waals surface area (Å²) in [7, 11) is 0. The number of benzene rings is 1. The van der Waals surface area contributed by atoms with Crippen LogP contribution in [-0.2, 0) is 14.3 Å². The highest BCUT2D eigenvalue weighted by atomic mass is 32.1. The molecule has 8 heteroatoms. The van der Waals surface area contributed by atoms with Crippen LogP contribution in [0, 0.1) is 6.92 Å². The third-order valence-electron chi connectivity index (χ3n) is 4.37. The molecular weight excluding hydrogens is 378 g/mol. The van der Waals surface area contributed by atoms with Crippen molar-refractivity contribution in [2.75, 3.05) is 38.1 Å². The number of hydrogen-bond donors (Lipinski definition) is 2. The fourth-order valence-corrected chi connectivity index (χ4v) is 3.97. The fraction of sp³-hybridized carbons (Fsp3) is 0.350. The fourth-order valence-electron chi connectivity index (χ4n) is 3.00. The molecule has 7 nitrogen and oxygen atoms in total. The summed E-state index contributed by atoms with van der Waals surface area (Å²) in [5.41, 5.74) is 3.10. The average molecular weight is 401 g/mol. The van der Waals surface area contributed by atoms with Gasteiger partial charge in [-0.05, 0) is 19.4 Å². The molecule has 0 bridgehead atoms. The zero-order chi connectivity index (χ0) is 20.1. The summed E-state index contributed by atoms with van der Waals surface area (Å²) in [6, 6.07) is 7.83. The minimum atomic E-state index is -0.466. The van der Waals surface area contributed by atoms with Crippen LogP contribution >= 0.6 is 11.3 Å². The zero-order valence-corrected chi connectivity index (χ0v) is 16.7. The van der Waals surface area contributed by atoms with Gasteiger partial charge in [0.05, 0.1) is 19.7 Å². The van der Waals surface area contributed by atoms with Crippen molar-refractivity contribution < 1.29 is 19.1 Å². The van der Waals surface area contributed by atoms with Crippen molar-refractivity contribution >= 4 is 34.1 Å². The average Bonchev–Trinajstić information content (AvgIpc) is 3.06. The number of nitrogens with one attached hydrogen (secondary N) is 2. The molecule has 0 atom stereocenters. The van der Waals surface area contributed by atoms with Crippen LogP contribution in [0.1, 0.15) is 22.8 Å². The van der Waals surface area contributed by atoms with Gasteiger partial charge in [0.2, 0.25) is 11.8 Å². The number of ether oxygens (including phenoxy) is 1. The summed E-state index contributed by atoms with van der Waals surface area (Å²) in [5, 5.41) is 7.85. The molecule has 0 spiro atoms. The third-order valence-corrected chi connectivity index (χ3v) is 5.27. The maximum Gasteiger partial charge on any atom is 0.341 e. The van der Waals surface area contributed by atoms with Crippen LogP contribution in [0.4, 0.5) is 5.00 Å². The van der Waals surface area contributed by atoms with Gasteiger partial charge < -0.3 is 15.4 Å². The van der Waals surface area contributed by atoms with Crippen molar-refractivity contribution in [2.24, 2.45) is 0 Å². The molecule has 28 heavy (non-hydrogen) atoms. The Morgan fingerprint density at radius 1 is 1.29 bits per heavy atom. The number of amides is 2. The van der Waals surface area contributed by atoms with E-state index in [0.29, 0.717) is 23.7 Å². The van der Waals surface area contributed by atoms with Crippen LogP contribution in [-0.4, -0.2) is 55.5 Å². The van der Waals surface area contributed by atoms with Crippen LogP contribution in [0.5, 0.6) is 0 Å². The summed E-state index contributed by atoms with van der Waals surface area (Å²) in [6.07, 6.45) is 0. The van der Waals surface area contributed by atoms with E-state index in [1.165, 1.54) is 11.3 Å². The van der Waals surface area contributed by atoms with Crippen molar-refractivity contribution in [3.05, 3.63) is 40.8 Å². The molecule has 3 rings (SSSR count). The van der Waals surface area contributed by atoms with E-state index in [4.69, 9.17) is 4.74 Å². The van der Waals surface area contributed by atoms with Gasteiger partial charge in [-0.15, -0.1) is 11.3 Å². The van der Waals surface area contributed by atoms with E-state index in [9.17, 15) is 14.4 Å². The lowest BCUT2D eigenvalue weighted by Gasteiger charge is -2.25. The molecule has 1 aliphatic heterocycles. The molecule has 1 aliphatic rings. The van der Waals surface area contributed by atoms with Gasteiger partial charge >= 0.3 is 5.97 Å². The van der Waals surface area contributed by atoms with Gasteiger partial charge in [-0.25, -0.2) is 4.79 Å². The number of carbonyl (C=O) groups excluding carboxylic acids is 3. The van der Waals surface area contributed by atoms with Crippen LogP contribution in [0.25, 0.3) is 11.1 Å². The van der Waals surface area contributed by atoms with E-state index >= 15 is 0 Å². The van der Waals surface area contributed by atoms with Crippen LogP contribution in [0.2, 0.25) is 0 Å². The van der Waals surface area contributed by atoms with Crippen molar-refractivity contribution in [2.45, 2.75) is 13.8 Å². The Kier molecular flexibility index (Phi) is 6.43. The quantitative estimate of drug-likeness (QED) is 0.725. The van der Waals surface area contributed by atoms with Gasteiger partial charge in [-0.3, -0.25) is 14.5 Å². The van der Waals surface area contributed by atoms with E-state index in [1.54, 1.807) is 11.8 Å². The number of rotatable bonds is 6. The second-order valence-electron chi connectivity index (χ2n) is 6.55. The SMILES string of the molecule is CCOC(=O)c1c(-c2ccc(C)cc2)csc1NC(=O)CN1CCNC(=O)C1. The van der Waals surface area contributed by atoms with Crippen LogP contribution < -0.4 is 10.6 Å².